The Morgan fingerprint density at radius 2 is 1.81 bits per heavy atom. The number of nitrogens with zero attached hydrogens (tertiary/aromatic N) is 2. The molecule has 0 spiro atoms. The standard InChI is InChI=1S/C41H49N5O11S/c1-6-27-22-41(27,38(50)45-58(52,53)30-13-14-30)44-35(48)33-21-29(56-36-31-15-12-28(54-5)20-26(31)18-19-42-36)23-46(33)37(49)32(43-39(51)57-40(2,3)4)16-17-34(47)55-24-25-10-8-7-9-11-25/h6-12,15,18-20,27,29-30,32-33H,1,13-14,16-17,21-24H2,2-5H3,(H,43,51)(H,44,48)(H,45,50)/t27-,29-,32?,33+,41-/m1/s1. The molecule has 1 aliphatic heterocycles. The van der Waals surface area contributed by atoms with Crippen molar-refractivity contribution in [1.82, 2.24) is 25.2 Å². The van der Waals surface area contributed by atoms with E-state index in [0.29, 0.717) is 24.0 Å². The minimum atomic E-state index is -3.95. The highest BCUT2D eigenvalue weighted by molar-refractivity contribution is 7.91. The molecule has 3 fully saturated rings. The van der Waals surface area contributed by atoms with E-state index in [1.807, 2.05) is 12.1 Å². The van der Waals surface area contributed by atoms with Crippen LogP contribution in [0.3, 0.4) is 0 Å². The second kappa shape index (κ2) is 17.0. The molecule has 4 amide bonds. The van der Waals surface area contributed by atoms with Crippen LogP contribution in [0.1, 0.15) is 64.9 Å². The largest absolute Gasteiger partial charge is 0.497 e. The lowest BCUT2D eigenvalue weighted by molar-refractivity contribution is -0.146. The normalized spacial score (nSPS) is 21.9. The summed E-state index contributed by atoms with van der Waals surface area (Å²) in [5.41, 5.74) is -1.79. The first-order valence-corrected chi connectivity index (χ1v) is 20.7. The van der Waals surface area contributed by atoms with Crippen LogP contribution in [0.2, 0.25) is 0 Å². The minimum Gasteiger partial charge on any atom is -0.497 e. The Balaban J connectivity index is 1.26. The molecule has 17 heteroatoms. The van der Waals surface area contributed by atoms with Crippen molar-refractivity contribution in [3.05, 3.63) is 79.0 Å². The van der Waals surface area contributed by atoms with Gasteiger partial charge in [0, 0.05) is 30.3 Å². The molecule has 1 unspecified atom stereocenters. The van der Waals surface area contributed by atoms with Crippen molar-refractivity contribution < 1.29 is 51.3 Å². The highest BCUT2D eigenvalue weighted by Gasteiger charge is 2.62. The summed E-state index contributed by atoms with van der Waals surface area (Å²) in [7, 11) is -2.40. The number of pyridine rings is 1. The van der Waals surface area contributed by atoms with Gasteiger partial charge in [-0.15, -0.1) is 6.58 Å². The van der Waals surface area contributed by atoms with Gasteiger partial charge in [-0.3, -0.25) is 23.9 Å². The van der Waals surface area contributed by atoms with E-state index in [1.54, 1.807) is 76.5 Å². The van der Waals surface area contributed by atoms with E-state index in [2.05, 4.69) is 26.9 Å². The number of likely N-dealkylation sites (tertiary alicyclic amines) is 1. The van der Waals surface area contributed by atoms with E-state index in [4.69, 9.17) is 18.9 Å². The summed E-state index contributed by atoms with van der Waals surface area (Å²) >= 11 is 0. The maximum absolute atomic E-state index is 14.6. The van der Waals surface area contributed by atoms with E-state index >= 15 is 0 Å². The molecule has 2 aromatic carbocycles. The molecule has 3 N–H and O–H groups in total. The highest BCUT2D eigenvalue weighted by atomic mass is 32.2. The van der Waals surface area contributed by atoms with Gasteiger partial charge in [-0.25, -0.2) is 18.2 Å². The van der Waals surface area contributed by atoms with Crippen molar-refractivity contribution in [2.24, 2.45) is 5.92 Å². The van der Waals surface area contributed by atoms with E-state index in [0.717, 1.165) is 10.9 Å². The van der Waals surface area contributed by atoms with Gasteiger partial charge in [0.1, 0.15) is 41.7 Å². The monoisotopic (exact) mass is 819 g/mol. The van der Waals surface area contributed by atoms with Crippen molar-refractivity contribution in [3.63, 3.8) is 0 Å². The van der Waals surface area contributed by atoms with Crippen LogP contribution in [-0.4, -0.2) is 96.3 Å². The molecular weight excluding hydrogens is 771 g/mol. The fourth-order valence-corrected chi connectivity index (χ4v) is 8.24. The molecule has 0 radical (unpaired) electrons. The number of carbonyl (C=O) groups excluding carboxylic acids is 5. The van der Waals surface area contributed by atoms with Crippen molar-refractivity contribution in [2.45, 2.75) is 100 Å². The number of nitrogens with one attached hydrogen (secondary N) is 3. The topological polar surface area (TPSA) is 209 Å². The molecule has 1 aromatic heterocycles. The Bertz CT molecular complexity index is 2170. The molecule has 16 nitrogen and oxygen atoms in total. The van der Waals surface area contributed by atoms with Crippen LogP contribution >= 0.6 is 0 Å². The molecule has 58 heavy (non-hydrogen) atoms. The first-order chi connectivity index (χ1) is 27.5. The number of ether oxygens (including phenoxy) is 4. The first kappa shape index (κ1) is 41.9. The molecule has 6 rings (SSSR count). The Labute approximate surface area is 337 Å². The summed E-state index contributed by atoms with van der Waals surface area (Å²) in [6.07, 6.45) is 1.67. The lowest BCUT2D eigenvalue weighted by Gasteiger charge is -2.30. The number of amides is 4. The maximum Gasteiger partial charge on any atom is 0.408 e. The quantitative estimate of drug-likeness (QED) is 0.140. The molecule has 0 bridgehead atoms. The van der Waals surface area contributed by atoms with Crippen LogP contribution in [0.5, 0.6) is 11.6 Å². The molecule has 1 saturated heterocycles. The van der Waals surface area contributed by atoms with Crippen molar-refractivity contribution in [3.8, 4) is 11.6 Å². The number of fused-ring (bicyclic) bond motifs is 1. The summed E-state index contributed by atoms with van der Waals surface area (Å²) in [6, 6.07) is 13.5. The number of rotatable bonds is 16. The van der Waals surface area contributed by atoms with Gasteiger partial charge in [0.2, 0.25) is 27.7 Å². The van der Waals surface area contributed by atoms with Gasteiger partial charge in [-0.1, -0.05) is 36.4 Å². The second-order valence-electron chi connectivity index (χ2n) is 15.8. The van der Waals surface area contributed by atoms with E-state index < -0.39 is 80.3 Å². The van der Waals surface area contributed by atoms with Gasteiger partial charge in [0.15, 0.2) is 0 Å². The predicted molar refractivity (Wildman–Crippen MR) is 211 cm³/mol. The van der Waals surface area contributed by atoms with Crippen LogP contribution in [0.25, 0.3) is 10.8 Å². The highest BCUT2D eigenvalue weighted by Crippen LogP contribution is 2.45. The molecule has 2 heterocycles. The number of carbonyl (C=O) groups is 5. The third kappa shape index (κ3) is 10.0. The predicted octanol–water partition coefficient (Wildman–Crippen LogP) is 3.68. The van der Waals surface area contributed by atoms with Gasteiger partial charge in [0.05, 0.1) is 18.9 Å². The zero-order valence-corrected chi connectivity index (χ0v) is 33.7. The van der Waals surface area contributed by atoms with Crippen molar-refractivity contribution >= 4 is 50.6 Å². The number of esters is 1. The first-order valence-electron chi connectivity index (χ1n) is 19.1. The summed E-state index contributed by atoms with van der Waals surface area (Å²) in [5, 5.41) is 6.05. The summed E-state index contributed by atoms with van der Waals surface area (Å²) < 4.78 is 50.2. The average Bonchev–Trinajstić information content (AvgIpc) is 4.11. The summed E-state index contributed by atoms with van der Waals surface area (Å²) in [6.45, 7) is 8.57. The zero-order valence-electron chi connectivity index (χ0n) is 32.9. The molecule has 2 saturated carbocycles. The van der Waals surface area contributed by atoms with Crippen LogP contribution < -0.4 is 24.8 Å². The average molecular weight is 820 g/mol. The van der Waals surface area contributed by atoms with Gasteiger partial charge in [-0.05, 0) is 81.7 Å². The van der Waals surface area contributed by atoms with E-state index in [-0.39, 0.29) is 44.7 Å². The zero-order chi connectivity index (χ0) is 41.8. The van der Waals surface area contributed by atoms with Crippen LogP contribution in [0, 0.1) is 5.92 Å². The number of sulfonamides is 1. The molecule has 310 valence electrons. The number of methoxy groups -OCH3 is 1. The van der Waals surface area contributed by atoms with E-state index in [1.165, 1.54) is 11.0 Å². The molecule has 3 aromatic rings. The SMILES string of the molecule is C=C[C@@H]1C[C@]1(NC(=O)[C@@H]1C[C@@H](Oc2nccc3cc(OC)ccc23)CN1C(=O)C(CCC(=O)OCc1ccccc1)NC(=O)OC(C)(C)C)C(=O)NS(=O)(=O)C1CC1. The van der Waals surface area contributed by atoms with Gasteiger partial charge < -0.3 is 34.5 Å². The van der Waals surface area contributed by atoms with Crippen LogP contribution in [-0.2, 0) is 45.3 Å². The lowest BCUT2D eigenvalue weighted by Crippen LogP contribution is -2.58. The van der Waals surface area contributed by atoms with E-state index in [9.17, 15) is 32.4 Å². The third-order valence-electron chi connectivity index (χ3n) is 10.2. The molecular formula is C41H49N5O11S. The van der Waals surface area contributed by atoms with Gasteiger partial charge >= 0.3 is 12.1 Å². The fraction of sp³-hybridized carbons (Fsp3) is 0.463. The molecule has 5 atom stereocenters. The van der Waals surface area contributed by atoms with Crippen LogP contribution in [0.4, 0.5) is 4.79 Å². The minimum absolute atomic E-state index is 0.00312. The second-order valence-corrected chi connectivity index (χ2v) is 17.7. The Morgan fingerprint density at radius 3 is 2.47 bits per heavy atom. The summed E-state index contributed by atoms with van der Waals surface area (Å²) in [4.78, 5) is 74.1. The van der Waals surface area contributed by atoms with Gasteiger partial charge in [-0.2, -0.15) is 0 Å². The lowest BCUT2D eigenvalue weighted by atomic mass is 10.1. The maximum atomic E-state index is 14.6. The third-order valence-corrected chi connectivity index (χ3v) is 12.0. The van der Waals surface area contributed by atoms with Crippen LogP contribution in [0.15, 0.2) is 73.4 Å². The number of alkyl carbamates (subject to hydrolysis) is 1. The number of hydrogen-bond donors (Lipinski definition) is 3. The summed E-state index contributed by atoms with van der Waals surface area (Å²) in [5.74, 6) is -2.72. The number of aromatic nitrogens is 1. The number of benzene rings is 2. The Kier molecular flexibility index (Phi) is 12.3. The Hall–Kier alpha value is -5.71. The van der Waals surface area contributed by atoms with Gasteiger partial charge in [0.25, 0.3) is 5.91 Å². The molecule has 2 aliphatic carbocycles. The van der Waals surface area contributed by atoms with Crippen molar-refractivity contribution in [1.29, 1.82) is 0 Å². The number of hydrogen-bond acceptors (Lipinski definition) is 12. The van der Waals surface area contributed by atoms with Crippen molar-refractivity contribution in [2.75, 3.05) is 13.7 Å². The molecule has 3 aliphatic rings. The smallest absolute Gasteiger partial charge is 0.408 e. The Morgan fingerprint density at radius 1 is 1.07 bits per heavy atom. The fourth-order valence-electron chi connectivity index (χ4n) is 6.88.